The maximum absolute atomic E-state index is 2.35. The van der Waals surface area contributed by atoms with Crippen molar-refractivity contribution in [3.05, 3.63) is 34.9 Å². The van der Waals surface area contributed by atoms with E-state index in [1.165, 1.54) is 63.4 Å². The highest BCUT2D eigenvalue weighted by atomic mass is 14.1. The minimum atomic E-state index is 1.28. The van der Waals surface area contributed by atoms with Crippen molar-refractivity contribution in [2.75, 3.05) is 0 Å². The molecule has 0 heterocycles. The van der Waals surface area contributed by atoms with Crippen molar-refractivity contribution in [2.45, 2.75) is 78.6 Å². The minimum absolute atomic E-state index is 1.28. The topological polar surface area (TPSA) is 0 Å². The van der Waals surface area contributed by atoms with Crippen molar-refractivity contribution in [2.24, 2.45) is 0 Å². The number of rotatable bonds is 9. The molecule has 1 rings (SSSR count). The number of hydrogen-bond donors (Lipinski definition) is 0. The molecule has 0 amide bonds. The van der Waals surface area contributed by atoms with E-state index in [1.54, 1.807) is 11.1 Å². The molecule has 0 atom stereocenters. The molecule has 0 saturated carbocycles. The van der Waals surface area contributed by atoms with Gasteiger partial charge in [0.15, 0.2) is 0 Å². The van der Waals surface area contributed by atoms with Crippen molar-refractivity contribution in [1.82, 2.24) is 0 Å². The van der Waals surface area contributed by atoms with Gasteiger partial charge in [0.05, 0.1) is 0 Å². The summed E-state index contributed by atoms with van der Waals surface area (Å²) in [5.74, 6) is 0. The van der Waals surface area contributed by atoms with Gasteiger partial charge in [-0.25, -0.2) is 0 Å². The predicted octanol–water partition coefficient (Wildman–Crippen LogP) is 5.85. The summed E-state index contributed by atoms with van der Waals surface area (Å²) in [6, 6.07) is 6.85. The standard InChI is InChI=1S/C18H30/c1-4-6-8-10-13-17-14-11-12-16(3)18(17)15-9-7-5-2/h11-12,14H,4-10,13,15H2,1-3H3. The molecule has 0 fully saturated rings. The van der Waals surface area contributed by atoms with Gasteiger partial charge in [-0.2, -0.15) is 0 Å². The van der Waals surface area contributed by atoms with Crippen LogP contribution >= 0.6 is 0 Å². The Morgan fingerprint density at radius 1 is 0.778 bits per heavy atom. The second kappa shape index (κ2) is 9.19. The van der Waals surface area contributed by atoms with Crippen LogP contribution in [0.4, 0.5) is 0 Å². The lowest BCUT2D eigenvalue weighted by Crippen LogP contribution is -1.98. The van der Waals surface area contributed by atoms with E-state index in [1.807, 2.05) is 0 Å². The van der Waals surface area contributed by atoms with Crippen LogP contribution in [0.25, 0.3) is 0 Å². The van der Waals surface area contributed by atoms with Gasteiger partial charge in [-0.1, -0.05) is 64.2 Å². The van der Waals surface area contributed by atoms with Gasteiger partial charge in [-0.3, -0.25) is 0 Å². The molecule has 0 spiro atoms. The summed E-state index contributed by atoms with van der Waals surface area (Å²) in [4.78, 5) is 0. The summed E-state index contributed by atoms with van der Waals surface area (Å²) < 4.78 is 0. The molecule has 18 heavy (non-hydrogen) atoms. The van der Waals surface area contributed by atoms with E-state index in [2.05, 4.69) is 39.0 Å². The fourth-order valence-corrected chi connectivity index (χ4v) is 2.65. The van der Waals surface area contributed by atoms with Crippen LogP contribution in [0.15, 0.2) is 18.2 Å². The van der Waals surface area contributed by atoms with Crippen LogP contribution in [0.5, 0.6) is 0 Å². The molecule has 0 heteroatoms. The minimum Gasteiger partial charge on any atom is -0.0654 e. The third-order valence-corrected chi connectivity index (χ3v) is 3.84. The Kier molecular flexibility index (Phi) is 7.80. The first-order chi connectivity index (χ1) is 8.79. The van der Waals surface area contributed by atoms with E-state index in [-0.39, 0.29) is 0 Å². The average Bonchev–Trinajstić information content (AvgIpc) is 2.37. The monoisotopic (exact) mass is 246 g/mol. The first kappa shape index (κ1) is 15.3. The lowest BCUT2D eigenvalue weighted by atomic mass is 9.93. The van der Waals surface area contributed by atoms with Gasteiger partial charge in [0, 0.05) is 0 Å². The molecule has 0 aliphatic rings. The maximum atomic E-state index is 2.35. The number of unbranched alkanes of at least 4 members (excludes halogenated alkanes) is 5. The highest BCUT2D eigenvalue weighted by molar-refractivity contribution is 5.34. The SMILES string of the molecule is CCCCCCc1cccc(C)c1CCCCC. The Morgan fingerprint density at radius 3 is 2.17 bits per heavy atom. The maximum Gasteiger partial charge on any atom is -0.0274 e. The molecule has 0 aromatic heterocycles. The zero-order chi connectivity index (χ0) is 13.2. The first-order valence-electron chi connectivity index (χ1n) is 7.87. The first-order valence-corrected chi connectivity index (χ1v) is 7.87. The Labute approximate surface area is 114 Å². The smallest absolute Gasteiger partial charge is 0.0274 e. The number of aryl methyl sites for hydroxylation is 2. The van der Waals surface area contributed by atoms with Crippen LogP contribution in [-0.4, -0.2) is 0 Å². The van der Waals surface area contributed by atoms with Gasteiger partial charge in [0.25, 0.3) is 0 Å². The van der Waals surface area contributed by atoms with E-state index < -0.39 is 0 Å². The molecule has 0 unspecified atom stereocenters. The largest absolute Gasteiger partial charge is 0.0654 e. The van der Waals surface area contributed by atoms with Crippen LogP contribution in [-0.2, 0) is 12.8 Å². The molecular weight excluding hydrogens is 216 g/mol. The normalized spacial score (nSPS) is 10.8. The average molecular weight is 246 g/mol. The van der Waals surface area contributed by atoms with Gasteiger partial charge >= 0.3 is 0 Å². The van der Waals surface area contributed by atoms with Crippen LogP contribution in [0.2, 0.25) is 0 Å². The Morgan fingerprint density at radius 2 is 1.44 bits per heavy atom. The molecule has 0 nitrogen and oxygen atoms in total. The van der Waals surface area contributed by atoms with Crippen molar-refractivity contribution in [3.63, 3.8) is 0 Å². The van der Waals surface area contributed by atoms with E-state index in [9.17, 15) is 0 Å². The second-order valence-electron chi connectivity index (χ2n) is 5.48. The van der Waals surface area contributed by atoms with Gasteiger partial charge in [-0.05, 0) is 49.3 Å². The second-order valence-corrected chi connectivity index (χ2v) is 5.48. The van der Waals surface area contributed by atoms with E-state index in [4.69, 9.17) is 0 Å². The number of benzene rings is 1. The Hall–Kier alpha value is -0.780. The van der Waals surface area contributed by atoms with Gasteiger partial charge in [-0.15, -0.1) is 0 Å². The van der Waals surface area contributed by atoms with Crippen LogP contribution in [0.3, 0.4) is 0 Å². The Balaban J connectivity index is 2.56. The highest BCUT2D eigenvalue weighted by Gasteiger charge is 2.05. The zero-order valence-electron chi connectivity index (χ0n) is 12.6. The van der Waals surface area contributed by atoms with E-state index in [0.717, 1.165) is 0 Å². The lowest BCUT2D eigenvalue weighted by molar-refractivity contribution is 0.659. The molecule has 0 bridgehead atoms. The van der Waals surface area contributed by atoms with Gasteiger partial charge in [0.1, 0.15) is 0 Å². The molecular formula is C18H30. The molecule has 0 aliphatic carbocycles. The Bertz CT molecular complexity index is 325. The summed E-state index contributed by atoms with van der Waals surface area (Å²) >= 11 is 0. The molecule has 0 aliphatic heterocycles. The van der Waals surface area contributed by atoms with Crippen molar-refractivity contribution in [1.29, 1.82) is 0 Å². The molecule has 1 aromatic carbocycles. The van der Waals surface area contributed by atoms with Gasteiger partial charge in [0.2, 0.25) is 0 Å². The van der Waals surface area contributed by atoms with Crippen molar-refractivity contribution >= 4 is 0 Å². The van der Waals surface area contributed by atoms with Gasteiger partial charge < -0.3 is 0 Å². The fraction of sp³-hybridized carbons (Fsp3) is 0.667. The van der Waals surface area contributed by atoms with E-state index >= 15 is 0 Å². The lowest BCUT2D eigenvalue weighted by Gasteiger charge is -2.12. The summed E-state index contributed by atoms with van der Waals surface area (Å²) in [7, 11) is 0. The quantitative estimate of drug-likeness (QED) is 0.479. The third kappa shape index (κ3) is 5.25. The summed E-state index contributed by atoms with van der Waals surface area (Å²) in [5, 5.41) is 0. The molecule has 1 aromatic rings. The van der Waals surface area contributed by atoms with Crippen molar-refractivity contribution < 1.29 is 0 Å². The van der Waals surface area contributed by atoms with E-state index in [0.29, 0.717) is 0 Å². The molecule has 0 radical (unpaired) electrons. The zero-order valence-corrected chi connectivity index (χ0v) is 12.6. The summed E-state index contributed by atoms with van der Waals surface area (Å²) in [6.07, 6.45) is 12.1. The summed E-state index contributed by atoms with van der Waals surface area (Å²) in [6.45, 7) is 6.84. The van der Waals surface area contributed by atoms with Crippen LogP contribution in [0, 0.1) is 6.92 Å². The van der Waals surface area contributed by atoms with Crippen molar-refractivity contribution in [3.8, 4) is 0 Å². The van der Waals surface area contributed by atoms with Crippen LogP contribution < -0.4 is 0 Å². The fourth-order valence-electron chi connectivity index (χ4n) is 2.65. The molecule has 102 valence electrons. The summed E-state index contributed by atoms with van der Waals surface area (Å²) in [5.41, 5.74) is 4.75. The predicted molar refractivity (Wildman–Crippen MR) is 82.3 cm³/mol. The van der Waals surface area contributed by atoms with Crippen LogP contribution in [0.1, 0.15) is 75.5 Å². The molecule has 0 saturated heterocycles. The number of hydrogen-bond acceptors (Lipinski definition) is 0. The molecule has 0 N–H and O–H groups in total. The third-order valence-electron chi connectivity index (χ3n) is 3.84. The highest BCUT2D eigenvalue weighted by Crippen LogP contribution is 2.20.